The van der Waals surface area contributed by atoms with Gasteiger partial charge in [-0.3, -0.25) is 4.79 Å². The number of halogens is 3. The lowest BCUT2D eigenvalue weighted by Gasteiger charge is -2.09. The Morgan fingerprint density at radius 1 is 1.25 bits per heavy atom. The lowest BCUT2D eigenvalue weighted by atomic mass is 9.96. The Kier molecular flexibility index (Phi) is 3.73. The number of Topliss-reactive ketones (excluding diaryl/α,β-unsaturated/α-hetero) is 1. The molecule has 1 aromatic carbocycles. The third-order valence-corrected chi connectivity index (χ3v) is 2.56. The van der Waals surface area contributed by atoms with Crippen LogP contribution in [-0.4, -0.2) is 5.78 Å². The molecule has 0 saturated heterocycles. The van der Waals surface area contributed by atoms with E-state index in [0.717, 1.165) is 12.1 Å². The highest BCUT2D eigenvalue weighted by atomic mass is 19.4. The predicted octanol–water partition coefficient (Wildman–Crippen LogP) is 3.93. The summed E-state index contributed by atoms with van der Waals surface area (Å²) in [6.45, 7) is 3.63. The molecular formula is C12H13F3O. The molecule has 0 fully saturated rings. The van der Waals surface area contributed by atoms with Gasteiger partial charge in [0.05, 0.1) is 5.56 Å². The van der Waals surface area contributed by atoms with Crippen LogP contribution in [0.25, 0.3) is 0 Å². The molecule has 4 heteroatoms. The van der Waals surface area contributed by atoms with Gasteiger partial charge in [0.25, 0.3) is 0 Å². The van der Waals surface area contributed by atoms with Gasteiger partial charge in [-0.05, 0) is 18.6 Å². The van der Waals surface area contributed by atoms with Gasteiger partial charge in [0.1, 0.15) is 0 Å². The lowest BCUT2D eigenvalue weighted by Crippen LogP contribution is -2.11. The fourth-order valence-electron chi connectivity index (χ4n) is 1.29. The predicted molar refractivity (Wildman–Crippen MR) is 55.2 cm³/mol. The Hall–Kier alpha value is -1.32. The van der Waals surface area contributed by atoms with Crippen LogP contribution in [0.2, 0.25) is 0 Å². The first-order valence-electron chi connectivity index (χ1n) is 5.07. The molecule has 0 N–H and O–H groups in total. The topological polar surface area (TPSA) is 17.1 Å². The maximum Gasteiger partial charge on any atom is 0.416 e. The largest absolute Gasteiger partial charge is 0.416 e. The molecule has 0 spiro atoms. The molecule has 1 aromatic rings. The monoisotopic (exact) mass is 230 g/mol. The van der Waals surface area contributed by atoms with E-state index in [2.05, 4.69) is 0 Å². The smallest absolute Gasteiger partial charge is 0.294 e. The van der Waals surface area contributed by atoms with E-state index in [1.165, 1.54) is 12.1 Å². The Bertz CT molecular complexity index is 365. The second-order valence-electron chi connectivity index (χ2n) is 3.75. The minimum absolute atomic E-state index is 0.115. The number of carbonyl (C=O) groups is 1. The van der Waals surface area contributed by atoms with Crippen LogP contribution in [0.3, 0.4) is 0 Å². The van der Waals surface area contributed by atoms with Gasteiger partial charge in [-0.1, -0.05) is 26.0 Å². The summed E-state index contributed by atoms with van der Waals surface area (Å²) in [4.78, 5) is 11.7. The Labute approximate surface area is 92.3 Å². The molecule has 0 aliphatic rings. The number of hydrogen-bond donors (Lipinski definition) is 0. The van der Waals surface area contributed by atoms with E-state index in [-0.39, 0.29) is 11.7 Å². The zero-order chi connectivity index (χ0) is 12.3. The molecular weight excluding hydrogens is 217 g/mol. The van der Waals surface area contributed by atoms with E-state index < -0.39 is 11.7 Å². The van der Waals surface area contributed by atoms with Crippen LogP contribution in [-0.2, 0) is 6.18 Å². The van der Waals surface area contributed by atoms with Crippen molar-refractivity contribution < 1.29 is 18.0 Å². The highest BCUT2D eigenvalue weighted by Gasteiger charge is 2.30. The van der Waals surface area contributed by atoms with Crippen molar-refractivity contribution in [1.29, 1.82) is 0 Å². The molecule has 1 unspecified atom stereocenters. The highest BCUT2D eigenvalue weighted by molar-refractivity contribution is 5.97. The van der Waals surface area contributed by atoms with E-state index in [0.29, 0.717) is 12.0 Å². The summed E-state index contributed by atoms with van der Waals surface area (Å²) in [6.07, 6.45) is -3.67. The van der Waals surface area contributed by atoms with Gasteiger partial charge < -0.3 is 0 Å². The zero-order valence-corrected chi connectivity index (χ0v) is 9.14. The summed E-state index contributed by atoms with van der Waals surface area (Å²) in [5, 5.41) is 0. The van der Waals surface area contributed by atoms with Crippen molar-refractivity contribution in [3.63, 3.8) is 0 Å². The summed E-state index contributed by atoms with van der Waals surface area (Å²) in [7, 11) is 0. The second-order valence-corrected chi connectivity index (χ2v) is 3.75. The molecule has 1 atom stereocenters. The minimum Gasteiger partial charge on any atom is -0.294 e. The lowest BCUT2D eigenvalue weighted by molar-refractivity contribution is -0.137. The van der Waals surface area contributed by atoms with Crippen LogP contribution in [0.4, 0.5) is 13.2 Å². The van der Waals surface area contributed by atoms with Crippen molar-refractivity contribution in [2.45, 2.75) is 26.4 Å². The molecule has 0 aliphatic carbocycles. The first-order valence-corrected chi connectivity index (χ1v) is 5.07. The molecule has 0 aliphatic heterocycles. The number of rotatable bonds is 3. The molecule has 0 saturated carbocycles. The van der Waals surface area contributed by atoms with E-state index in [1.54, 1.807) is 6.92 Å². The maximum atomic E-state index is 12.3. The van der Waals surface area contributed by atoms with Crippen molar-refractivity contribution in [2.24, 2.45) is 5.92 Å². The molecule has 0 bridgehead atoms. The normalized spacial score (nSPS) is 13.6. The third-order valence-electron chi connectivity index (χ3n) is 2.56. The van der Waals surface area contributed by atoms with Crippen LogP contribution >= 0.6 is 0 Å². The van der Waals surface area contributed by atoms with Crippen molar-refractivity contribution in [2.75, 3.05) is 0 Å². The summed E-state index contributed by atoms with van der Waals surface area (Å²) in [6, 6.07) is 4.35. The molecule has 88 valence electrons. The summed E-state index contributed by atoms with van der Waals surface area (Å²) >= 11 is 0. The fraction of sp³-hybridized carbons (Fsp3) is 0.417. The van der Waals surface area contributed by atoms with Gasteiger partial charge in [-0.2, -0.15) is 13.2 Å². The molecule has 0 amide bonds. The molecule has 0 aromatic heterocycles. The molecule has 0 heterocycles. The van der Waals surface area contributed by atoms with Crippen molar-refractivity contribution in [3.8, 4) is 0 Å². The van der Waals surface area contributed by atoms with E-state index in [9.17, 15) is 18.0 Å². The minimum atomic E-state index is -4.35. The van der Waals surface area contributed by atoms with Crippen LogP contribution in [0, 0.1) is 5.92 Å². The van der Waals surface area contributed by atoms with Gasteiger partial charge in [0.15, 0.2) is 5.78 Å². The van der Waals surface area contributed by atoms with Crippen LogP contribution < -0.4 is 0 Å². The Balaban J connectivity index is 2.91. The summed E-state index contributed by atoms with van der Waals surface area (Å²) in [5.74, 6) is -0.270. The average Bonchev–Trinajstić information content (AvgIpc) is 2.26. The van der Waals surface area contributed by atoms with Crippen molar-refractivity contribution in [3.05, 3.63) is 35.4 Å². The molecule has 0 radical (unpaired) electrons. The van der Waals surface area contributed by atoms with Crippen LogP contribution in [0.15, 0.2) is 24.3 Å². The first kappa shape index (κ1) is 12.7. The number of ketones is 1. The van der Waals surface area contributed by atoms with Crippen LogP contribution in [0.1, 0.15) is 36.2 Å². The van der Waals surface area contributed by atoms with Crippen molar-refractivity contribution in [1.82, 2.24) is 0 Å². The first-order chi connectivity index (χ1) is 7.36. The van der Waals surface area contributed by atoms with Gasteiger partial charge in [-0.15, -0.1) is 0 Å². The molecule has 1 rings (SSSR count). The summed E-state index contributed by atoms with van der Waals surface area (Å²) < 4.78 is 36.8. The average molecular weight is 230 g/mol. The van der Waals surface area contributed by atoms with Gasteiger partial charge in [0.2, 0.25) is 0 Å². The van der Waals surface area contributed by atoms with E-state index >= 15 is 0 Å². The number of hydrogen-bond acceptors (Lipinski definition) is 1. The molecule has 16 heavy (non-hydrogen) atoms. The highest BCUT2D eigenvalue weighted by Crippen LogP contribution is 2.29. The van der Waals surface area contributed by atoms with Crippen molar-refractivity contribution >= 4 is 5.78 Å². The Morgan fingerprint density at radius 3 is 2.12 bits per heavy atom. The quantitative estimate of drug-likeness (QED) is 0.719. The number of benzene rings is 1. The molecule has 1 nitrogen and oxygen atoms in total. The van der Waals surface area contributed by atoms with Gasteiger partial charge in [0, 0.05) is 11.5 Å². The van der Waals surface area contributed by atoms with E-state index in [1.807, 2.05) is 6.92 Å². The zero-order valence-electron chi connectivity index (χ0n) is 9.14. The van der Waals surface area contributed by atoms with Gasteiger partial charge >= 0.3 is 6.18 Å². The fourth-order valence-corrected chi connectivity index (χ4v) is 1.29. The second kappa shape index (κ2) is 4.68. The standard InChI is InChI=1S/C12H13F3O/c1-3-8(2)11(16)9-4-6-10(7-5-9)12(13,14)15/h4-8H,3H2,1-2H3. The van der Waals surface area contributed by atoms with Gasteiger partial charge in [-0.25, -0.2) is 0 Å². The SMILES string of the molecule is CCC(C)C(=O)c1ccc(C(F)(F)F)cc1. The third kappa shape index (κ3) is 2.84. The summed E-state index contributed by atoms with van der Waals surface area (Å²) in [5.41, 5.74) is -0.393. The number of alkyl halides is 3. The maximum absolute atomic E-state index is 12.3. The van der Waals surface area contributed by atoms with Crippen LogP contribution in [0.5, 0.6) is 0 Å². The van der Waals surface area contributed by atoms with E-state index in [4.69, 9.17) is 0 Å². The number of carbonyl (C=O) groups excluding carboxylic acids is 1. The Morgan fingerprint density at radius 2 is 1.75 bits per heavy atom.